The van der Waals surface area contributed by atoms with Crippen LogP contribution < -0.4 is 0 Å². The molecular formula is C10H13BrO2. The van der Waals surface area contributed by atoms with Crippen molar-refractivity contribution in [2.75, 3.05) is 0 Å². The normalized spacial score (nSPS) is 54.3. The summed E-state index contributed by atoms with van der Waals surface area (Å²) in [5, 5.41) is 0. The van der Waals surface area contributed by atoms with Crippen molar-refractivity contribution in [3.05, 3.63) is 12.2 Å². The van der Waals surface area contributed by atoms with Gasteiger partial charge < -0.3 is 4.74 Å². The van der Waals surface area contributed by atoms with Gasteiger partial charge in [0.1, 0.15) is 10.4 Å². The van der Waals surface area contributed by atoms with E-state index in [0.717, 1.165) is 0 Å². The van der Waals surface area contributed by atoms with Crippen LogP contribution in [0.3, 0.4) is 0 Å². The Kier molecular flexibility index (Phi) is 1.77. The lowest BCUT2D eigenvalue weighted by molar-refractivity contribution is -0.158. The van der Waals surface area contributed by atoms with Crippen LogP contribution in [0.4, 0.5) is 0 Å². The van der Waals surface area contributed by atoms with Crippen molar-refractivity contribution in [1.29, 1.82) is 0 Å². The summed E-state index contributed by atoms with van der Waals surface area (Å²) < 4.78 is 5.89. The lowest BCUT2D eigenvalue weighted by Crippen LogP contribution is -2.55. The minimum absolute atomic E-state index is 0.0660. The molecule has 2 aliphatic rings. The zero-order chi connectivity index (χ0) is 9.85. The van der Waals surface area contributed by atoms with Crippen molar-refractivity contribution in [2.45, 2.75) is 36.8 Å². The van der Waals surface area contributed by atoms with Gasteiger partial charge in [-0.3, -0.25) is 4.79 Å². The predicted octanol–water partition coefficient (Wildman–Crippen LogP) is 2.07. The van der Waals surface area contributed by atoms with Gasteiger partial charge in [-0.1, -0.05) is 35.0 Å². The monoisotopic (exact) mass is 244 g/mol. The number of hydrogen-bond acceptors (Lipinski definition) is 2. The summed E-state index contributed by atoms with van der Waals surface area (Å²) in [6.45, 7) is 5.83. The van der Waals surface area contributed by atoms with E-state index in [2.05, 4.69) is 15.9 Å². The molecule has 4 unspecified atom stereocenters. The molecule has 0 aliphatic carbocycles. The number of hydrogen-bond donors (Lipinski definition) is 0. The molecule has 72 valence electrons. The van der Waals surface area contributed by atoms with Gasteiger partial charge in [0.2, 0.25) is 0 Å². The molecule has 2 heterocycles. The molecule has 0 radical (unpaired) electrons. The van der Waals surface area contributed by atoms with Crippen molar-refractivity contribution >= 4 is 21.7 Å². The van der Waals surface area contributed by atoms with Crippen LogP contribution in [0.15, 0.2) is 12.2 Å². The molecule has 2 nitrogen and oxygen atoms in total. The zero-order valence-corrected chi connectivity index (χ0v) is 9.59. The van der Waals surface area contributed by atoms with Crippen molar-refractivity contribution in [2.24, 2.45) is 5.92 Å². The first kappa shape index (κ1) is 9.41. The third-order valence-corrected chi connectivity index (χ3v) is 4.58. The fourth-order valence-electron chi connectivity index (χ4n) is 2.03. The summed E-state index contributed by atoms with van der Waals surface area (Å²) in [6.07, 6.45) is 4.00. The molecule has 0 N–H and O–H groups in total. The number of rotatable bonds is 0. The van der Waals surface area contributed by atoms with Gasteiger partial charge in [0.05, 0.1) is 5.60 Å². The number of ketones is 1. The number of ether oxygens (including phenoxy) is 1. The first-order chi connectivity index (χ1) is 5.89. The van der Waals surface area contributed by atoms with E-state index in [1.54, 1.807) is 0 Å². The molecule has 13 heavy (non-hydrogen) atoms. The standard InChI is InChI=1S/C10H13BrO2/c1-6-7(12)8(11)10(3)5-4-9(6,2)13-10/h4-6,8H,1-3H3. The Hall–Kier alpha value is -0.150. The highest BCUT2D eigenvalue weighted by Gasteiger charge is 2.55. The van der Waals surface area contributed by atoms with Crippen LogP contribution in [0.25, 0.3) is 0 Å². The molecule has 0 amide bonds. The fraction of sp³-hybridized carbons (Fsp3) is 0.700. The van der Waals surface area contributed by atoms with Crippen LogP contribution in [0.2, 0.25) is 0 Å². The Morgan fingerprint density at radius 2 is 1.92 bits per heavy atom. The summed E-state index contributed by atoms with van der Waals surface area (Å²) in [4.78, 5) is 11.6. The molecule has 3 heteroatoms. The second kappa shape index (κ2) is 2.45. The van der Waals surface area contributed by atoms with E-state index in [-0.39, 0.29) is 16.5 Å². The van der Waals surface area contributed by atoms with E-state index in [4.69, 9.17) is 4.74 Å². The van der Waals surface area contributed by atoms with Crippen LogP contribution in [0.5, 0.6) is 0 Å². The van der Waals surface area contributed by atoms with E-state index in [1.165, 1.54) is 0 Å². The smallest absolute Gasteiger partial charge is 0.155 e. The van der Waals surface area contributed by atoms with Gasteiger partial charge in [-0.2, -0.15) is 0 Å². The molecule has 4 atom stereocenters. The van der Waals surface area contributed by atoms with Crippen LogP contribution >= 0.6 is 15.9 Å². The van der Waals surface area contributed by atoms with E-state index in [9.17, 15) is 4.79 Å². The van der Waals surface area contributed by atoms with Crippen molar-refractivity contribution in [3.63, 3.8) is 0 Å². The maximum atomic E-state index is 11.8. The number of alkyl halides is 1. The zero-order valence-electron chi connectivity index (χ0n) is 8.00. The van der Waals surface area contributed by atoms with Crippen molar-refractivity contribution in [3.8, 4) is 0 Å². The number of carbonyl (C=O) groups is 1. The lowest BCUT2D eigenvalue weighted by atomic mass is 9.83. The Bertz CT molecular complexity index is 273. The Morgan fingerprint density at radius 1 is 1.38 bits per heavy atom. The van der Waals surface area contributed by atoms with Gasteiger partial charge in [0.25, 0.3) is 0 Å². The van der Waals surface area contributed by atoms with E-state index < -0.39 is 11.2 Å². The second-order valence-corrected chi connectivity index (χ2v) is 5.21. The second-order valence-electron chi connectivity index (χ2n) is 4.29. The summed E-state index contributed by atoms with van der Waals surface area (Å²) >= 11 is 3.40. The average molecular weight is 245 g/mol. The molecular weight excluding hydrogens is 232 g/mol. The van der Waals surface area contributed by atoms with E-state index >= 15 is 0 Å². The van der Waals surface area contributed by atoms with Crippen molar-refractivity contribution < 1.29 is 9.53 Å². The average Bonchev–Trinajstić information content (AvgIpc) is 2.38. The summed E-state index contributed by atoms with van der Waals surface area (Å²) in [6, 6.07) is 0. The van der Waals surface area contributed by atoms with Crippen LogP contribution in [-0.4, -0.2) is 21.8 Å². The summed E-state index contributed by atoms with van der Waals surface area (Å²) in [5.41, 5.74) is -0.839. The molecule has 1 fully saturated rings. The molecule has 0 aromatic rings. The molecule has 2 bridgehead atoms. The molecule has 2 aliphatic heterocycles. The van der Waals surface area contributed by atoms with Gasteiger partial charge in [-0.15, -0.1) is 0 Å². The third kappa shape index (κ3) is 1.07. The maximum Gasteiger partial charge on any atom is 0.155 e. The Labute approximate surface area is 86.5 Å². The van der Waals surface area contributed by atoms with Crippen LogP contribution in [0, 0.1) is 5.92 Å². The number of halogens is 1. The van der Waals surface area contributed by atoms with Crippen LogP contribution in [0.1, 0.15) is 20.8 Å². The number of fused-ring (bicyclic) bond motifs is 2. The van der Waals surface area contributed by atoms with Gasteiger partial charge >= 0.3 is 0 Å². The summed E-state index contributed by atoms with van der Waals surface area (Å²) in [5.74, 6) is 0.171. The number of carbonyl (C=O) groups excluding carboxylic acids is 1. The van der Waals surface area contributed by atoms with Gasteiger partial charge in [-0.25, -0.2) is 0 Å². The Morgan fingerprint density at radius 3 is 2.54 bits per heavy atom. The fourth-order valence-corrected chi connectivity index (χ4v) is 2.67. The molecule has 0 saturated carbocycles. The topological polar surface area (TPSA) is 26.3 Å². The molecule has 2 rings (SSSR count). The van der Waals surface area contributed by atoms with E-state index in [0.29, 0.717) is 0 Å². The van der Waals surface area contributed by atoms with Gasteiger partial charge in [-0.05, 0) is 13.8 Å². The minimum Gasteiger partial charge on any atom is -0.359 e. The van der Waals surface area contributed by atoms with Gasteiger partial charge in [0, 0.05) is 5.92 Å². The highest BCUT2D eigenvalue weighted by atomic mass is 79.9. The van der Waals surface area contributed by atoms with Crippen molar-refractivity contribution in [1.82, 2.24) is 0 Å². The maximum absolute atomic E-state index is 11.8. The SMILES string of the molecule is CC1C(=O)C(Br)C2(C)C=CC1(C)O2. The quantitative estimate of drug-likeness (QED) is 0.482. The Balaban J connectivity index is 2.46. The number of Topliss-reactive ketones (excluding diaryl/α,β-unsaturated/α-hetero) is 1. The molecule has 0 aromatic carbocycles. The first-order valence-electron chi connectivity index (χ1n) is 4.47. The largest absolute Gasteiger partial charge is 0.359 e. The highest BCUT2D eigenvalue weighted by molar-refractivity contribution is 9.10. The predicted molar refractivity (Wildman–Crippen MR) is 53.9 cm³/mol. The summed E-state index contributed by atoms with van der Waals surface area (Å²) in [7, 11) is 0. The van der Waals surface area contributed by atoms with E-state index in [1.807, 2.05) is 32.9 Å². The first-order valence-corrected chi connectivity index (χ1v) is 5.39. The lowest BCUT2D eigenvalue weighted by Gasteiger charge is -2.42. The third-order valence-electron chi connectivity index (χ3n) is 3.22. The minimum atomic E-state index is -0.446. The molecule has 1 saturated heterocycles. The molecule has 0 aromatic heterocycles. The highest BCUT2D eigenvalue weighted by Crippen LogP contribution is 2.46. The van der Waals surface area contributed by atoms with Crippen LogP contribution in [-0.2, 0) is 9.53 Å². The van der Waals surface area contributed by atoms with Gasteiger partial charge in [0.15, 0.2) is 5.78 Å². The molecule has 0 spiro atoms.